The minimum atomic E-state index is -0.617. The molecule has 2 aliphatic rings. The molecule has 1 saturated heterocycles. The first-order valence-corrected chi connectivity index (χ1v) is 9.77. The minimum Gasteiger partial charge on any atom is -0.385 e. The molecule has 0 N–H and O–H groups in total. The third-order valence-corrected chi connectivity index (χ3v) is 6.56. The average Bonchev–Trinajstić information content (AvgIpc) is 3.06. The second kappa shape index (κ2) is 6.90. The number of rotatable bonds is 6. The number of fused-ring (bicyclic) bond motifs is 3. The van der Waals surface area contributed by atoms with E-state index in [0.29, 0.717) is 13.2 Å². The highest BCUT2D eigenvalue weighted by Crippen LogP contribution is 2.61. The summed E-state index contributed by atoms with van der Waals surface area (Å²) in [6, 6.07) is 18.3. The molecule has 1 fully saturated rings. The molecule has 2 aromatic carbocycles. The van der Waals surface area contributed by atoms with Crippen molar-refractivity contribution in [1.29, 1.82) is 0 Å². The summed E-state index contributed by atoms with van der Waals surface area (Å²) >= 11 is 0. The molecule has 0 aliphatic carbocycles. The third kappa shape index (κ3) is 2.50. The standard InChI is InChI=1S/C23H28N2O3/c1-22(2)21(26)25(28-16-17-10-6-5-7-11-17)20-23(22,14-15-27-4)18-12-8-9-13-19(18)24(20)3/h5-13,20H,14-16H2,1-4H3/t20-,23-/m0/s1. The molecule has 2 aromatic rings. The number of hydroxylamine groups is 2. The highest BCUT2D eigenvalue weighted by molar-refractivity contribution is 5.90. The molecule has 2 heterocycles. The Morgan fingerprint density at radius 2 is 1.71 bits per heavy atom. The van der Waals surface area contributed by atoms with E-state index in [1.165, 1.54) is 5.56 Å². The third-order valence-electron chi connectivity index (χ3n) is 6.56. The van der Waals surface area contributed by atoms with Crippen LogP contribution in [0.5, 0.6) is 0 Å². The summed E-state index contributed by atoms with van der Waals surface area (Å²) in [6.07, 6.45) is 0.547. The average molecular weight is 380 g/mol. The predicted molar refractivity (Wildman–Crippen MR) is 109 cm³/mol. The molecule has 5 nitrogen and oxygen atoms in total. The van der Waals surface area contributed by atoms with Crippen LogP contribution in [0.2, 0.25) is 0 Å². The first kappa shape index (κ1) is 19.0. The first-order valence-electron chi connectivity index (χ1n) is 9.77. The van der Waals surface area contributed by atoms with Crippen molar-refractivity contribution in [2.75, 3.05) is 25.7 Å². The fraction of sp³-hybridized carbons (Fsp3) is 0.435. The van der Waals surface area contributed by atoms with Crippen LogP contribution in [0.15, 0.2) is 54.6 Å². The van der Waals surface area contributed by atoms with E-state index in [9.17, 15) is 4.79 Å². The Labute approximate surface area is 166 Å². The summed E-state index contributed by atoms with van der Waals surface area (Å²) in [5.41, 5.74) is 2.37. The van der Waals surface area contributed by atoms with Gasteiger partial charge in [0.1, 0.15) is 12.8 Å². The van der Waals surface area contributed by atoms with Crippen LogP contribution in [-0.2, 0) is 26.4 Å². The molecule has 2 atom stereocenters. The molecule has 0 bridgehead atoms. The Morgan fingerprint density at radius 3 is 2.43 bits per heavy atom. The first-order chi connectivity index (χ1) is 13.4. The largest absolute Gasteiger partial charge is 0.385 e. The van der Waals surface area contributed by atoms with Gasteiger partial charge in [-0.1, -0.05) is 48.5 Å². The van der Waals surface area contributed by atoms with Crippen molar-refractivity contribution in [3.63, 3.8) is 0 Å². The maximum Gasteiger partial charge on any atom is 0.254 e. The maximum absolute atomic E-state index is 13.5. The zero-order valence-electron chi connectivity index (χ0n) is 17.0. The van der Waals surface area contributed by atoms with Gasteiger partial charge in [-0.05, 0) is 37.5 Å². The lowest BCUT2D eigenvalue weighted by Gasteiger charge is -2.40. The van der Waals surface area contributed by atoms with Gasteiger partial charge in [-0.2, -0.15) is 5.06 Å². The van der Waals surface area contributed by atoms with Gasteiger partial charge in [-0.25, -0.2) is 0 Å². The Morgan fingerprint density at radius 1 is 1.04 bits per heavy atom. The molecule has 4 rings (SSSR count). The van der Waals surface area contributed by atoms with Crippen molar-refractivity contribution >= 4 is 11.6 Å². The van der Waals surface area contributed by atoms with Gasteiger partial charge in [0.25, 0.3) is 5.91 Å². The summed E-state index contributed by atoms with van der Waals surface area (Å²) in [5.74, 6) is 0.0193. The van der Waals surface area contributed by atoms with Crippen molar-refractivity contribution < 1.29 is 14.4 Å². The second-order valence-corrected chi connectivity index (χ2v) is 8.23. The van der Waals surface area contributed by atoms with Crippen LogP contribution >= 0.6 is 0 Å². The van der Waals surface area contributed by atoms with E-state index in [1.54, 1.807) is 12.2 Å². The number of ether oxygens (including phenoxy) is 1. The Bertz CT molecular complexity index is 867. The summed E-state index contributed by atoms with van der Waals surface area (Å²) in [7, 11) is 3.76. The van der Waals surface area contributed by atoms with Crippen molar-refractivity contribution in [3.05, 3.63) is 65.7 Å². The van der Waals surface area contributed by atoms with E-state index in [-0.39, 0.29) is 12.1 Å². The summed E-state index contributed by atoms with van der Waals surface area (Å²) < 4.78 is 5.46. The Hall–Kier alpha value is -2.37. The number of amides is 1. The van der Waals surface area contributed by atoms with Gasteiger partial charge in [0.05, 0.1) is 10.8 Å². The SMILES string of the molecule is COCC[C@]12c3ccccc3N(C)[C@H]1N(OCc1ccccc1)C(=O)C2(C)C. The van der Waals surface area contributed by atoms with Crippen LogP contribution in [0.4, 0.5) is 5.69 Å². The zero-order chi connectivity index (χ0) is 19.9. The molecule has 0 radical (unpaired) electrons. The molecule has 0 saturated carbocycles. The molecule has 28 heavy (non-hydrogen) atoms. The highest BCUT2D eigenvalue weighted by atomic mass is 16.7. The van der Waals surface area contributed by atoms with Gasteiger partial charge >= 0.3 is 0 Å². The molecule has 0 unspecified atom stereocenters. The molecular weight excluding hydrogens is 352 g/mol. The van der Waals surface area contributed by atoms with Crippen molar-refractivity contribution in [1.82, 2.24) is 5.06 Å². The minimum absolute atomic E-state index is 0.0193. The van der Waals surface area contributed by atoms with Gasteiger partial charge < -0.3 is 9.64 Å². The molecule has 1 amide bonds. The zero-order valence-corrected chi connectivity index (χ0v) is 17.0. The Kier molecular flexibility index (Phi) is 4.68. The van der Waals surface area contributed by atoms with Crippen LogP contribution in [0, 0.1) is 5.41 Å². The summed E-state index contributed by atoms with van der Waals surface area (Å²) in [6.45, 7) is 5.03. The van der Waals surface area contributed by atoms with Gasteiger partial charge in [0, 0.05) is 26.5 Å². The number of anilines is 1. The van der Waals surface area contributed by atoms with Gasteiger partial charge in [-0.3, -0.25) is 9.63 Å². The lowest BCUT2D eigenvalue weighted by Crippen LogP contribution is -2.51. The molecular formula is C23H28N2O3. The number of carbonyl (C=O) groups is 1. The lowest BCUT2D eigenvalue weighted by atomic mass is 9.61. The van der Waals surface area contributed by atoms with E-state index in [2.05, 4.69) is 23.1 Å². The van der Waals surface area contributed by atoms with Crippen molar-refractivity contribution in [3.8, 4) is 0 Å². The molecule has 5 heteroatoms. The van der Waals surface area contributed by atoms with Gasteiger partial charge in [0.2, 0.25) is 0 Å². The van der Waals surface area contributed by atoms with E-state index in [4.69, 9.17) is 9.57 Å². The normalized spacial score (nSPS) is 25.1. The monoisotopic (exact) mass is 380 g/mol. The number of carbonyl (C=O) groups excluding carboxylic acids is 1. The smallest absolute Gasteiger partial charge is 0.254 e. The summed E-state index contributed by atoms with van der Waals surface area (Å²) in [4.78, 5) is 21.9. The number of hydrogen-bond donors (Lipinski definition) is 0. The topological polar surface area (TPSA) is 42.0 Å². The molecule has 0 aromatic heterocycles. The quantitative estimate of drug-likeness (QED) is 0.766. The lowest BCUT2D eigenvalue weighted by molar-refractivity contribution is -0.198. The molecule has 0 spiro atoms. The van der Waals surface area contributed by atoms with Gasteiger partial charge in [-0.15, -0.1) is 0 Å². The predicted octanol–water partition coefficient (Wildman–Crippen LogP) is 3.74. The molecule has 2 aliphatic heterocycles. The highest BCUT2D eigenvalue weighted by Gasteiger charge is 2.70. The van der Waals surface area contributed by atoms with Crippen LogP contribution < -0.4 is 4.90 Å². The number of hydrogen-bond acceptors (Lipinski definition) is 4. The van der Waals surface area contributed by atoms with E-state index in [0.717, 1.165) is 17.7 Å². The van der Waals surface area contributed by atoms with Crippen molar-refractivity contribution in [2.24, 2.45) is 5.41 Å². The van der Waals surface area contributed by atoms with Crippen LogP contribution in [0.25, 0.3) is 0 Å². The number of benzene rings is 2. The van der Waals surface area contributed by atoms with Crippen LogP contribution in [-0.4, -0.2) is 37.9 Å². The van der Waals surface area contributed by atoms with Crippen LogP contribution in [0.3, 0.4) is 0 Å². The summed E-state index contributed by atoms with van der Waals surface area (Å²) in [5, 5.41) is 1.61. The number of para-hydroxylation sites is 1. The van der Waals surface area contributed by atoms with E-state index in [1.807, 2.05) is 57.3 Å². The van der Waals surface area contributed by atoms with E-state index >= 15 is 0 Å². The number of likely N-dealkylation sites (N-methyl/N-ethyl adjacent to an activating group) is 1. The van der Waals surface area contributed by atoms with Crippen molar-refractivity contribution in [2.45, 2.75) is 38.5 Å². The second-order valence-electron chi connectivity index (χ2n) is 8.23. The van der Waals surface area contributed by atoms with E-state index < -0.39 is 10.8 Å². The maximum atomic E-state index is 13.5. The number of nitrogens with zero attached hydrogens (tertiary/aromatic N) is 2. The van der Waals surface area contributed by atoms with Crippen LogP contribution in [0.1, 0.15) is 31.4 Å². The fourth-order valence-corrected chi connectivity index (χ4v) is 5.04. The Balaban J connectivity index is 1.76. The van der Waals surface area contributed by atoms with Gasteiger partial charge in [0.15, 0.2) is 0 Å². The fourth-order valence-electron chi connectivity index (χ4n) is 5.04. The molecule has 148 valence electrons. The number of methoxy groups -OCH3 is 1.